The molecular formula is C22H22F3N3O3. The van der Waals surface area contributed by atoms with Crippen LogP contribution in [0.3, 0.4) is 0 Å². The van der Waals surface area contributed by atoms with E-state index in [0.717, 1.165) is 17.7 Å². The number of hydrogen-bond donors (Lipinski definition) is 1. The Balaban J connectivity index is 1.52. The van der Waals surface area contributed by atoms with E-state index in [2.05, 4.69) is 36.2 Å². The van der Waals surface area contributed by atoms with Gasteiger partial charge in [0.2, 0.25) is 11.7 Å². The zero-order valence-corrected chi connectivity index (χ0v) is 17.3. The summed E-state index contributed by atoms with van der Waals surface area (Å²) in [6.07, 6.45) is -4.48. The predicted molar refractivity (Wildman–Crippen MR) is 107 cm³/mol. The summed E-state index contributed by atoms with van der Waals surface area (Å²) in [7, 11) is 0. The van der Waals surface area contributed by atoms with Gasteiger partial charge in [-0.2, -0.15) is 18.2 Å². The molecule has 31 heavy (non-hydrogen) atoms. The fourth-order valence-electron chi connectivity index (χ4n) is 2.70. The van der Waals surface area contributed by atoms with Crippen LogP contribution in [0.1, 0.15) is 37.8 Å². The Morgan fingerprint density at radius 1 is 1.06 bits per heavy atom. The molecule has 0 aliphatic carbocycles. The van der Waals surface area contributed by atoms with Gasteiger partial charge in [-0.1, -0.05) is 56.3 Å². The molecule has 1 aromatic heterocycles. The standard InChI is InChI=1S/C22H22F3N3O3/c1-21(2,3)15-9-7-14(8-10-15)20-27-19(31-28-20)12-26-18(29)13-30-17-6-4-5-16(11-17)22(23,24)25/h4-11H,12-13H2,1-3H3,(H,26,29). The highest BCUT2D eigenvalue weighted by molar-refractivity contribution is 5.77. The van der Waals surface area contributed by atoms with Gasteiger partial charge in [-0.05, 0) is 29.2 Å². The lowest BCUT2D eigenvalue weighted by molar-refractivity contribution is -0.137. The predicted octanol–water partition coefficient (Wildman–Crippen LogP) is 4.75. The Kier molecular flexibility index (Phi) is 6.33. The fourth-order valence-corrected chi connectivity index (χ4v) is 2.70. The minimum absolute atomic E-state index is 0.0291. The van der Waals surface area contributed by atoms with Crippen LogP contribution in [-0.4, -0.2) is 22.7 Å². The molecule has 1 heterocycles. The molecule has 1 N–H and O–H groups in total. The summed E-state index contributed by atoms with van der Waals surface area (Å²) in [4.78, 5) is 16.2. The Bertz CT molecular complexity index is 1040. The van der Waals surface area contributed by atoms with Crippen LogP contribution in [0.4, 0.5) is 13.2 Å². The highest BCUT2D eigenvalue weighted by Gasteiger charge is 2.30. The van der Waals surface area contributed by atoms with Crippen molar-refractivity contribution in [1.82, 2.24) is 15.5 Å². The summed E-state index contributed by atoms with van der Waals surface area (Å²) in [5.74, 6) is 0.00249. The molecule has 3 rings (SSSR count). The van der Waals surface area contributed by atoms with Gasteiger partial charge in [0.15, 0.2) is 6.61 Å². The van der Waals surface area contributed by atoms with Crippen LogP contribution in [0.2, 0.25) is 0 Å². The van der Waals surface area contributed by atoms with Gasteiger partial charge in [-0.15, -0.1) is 0 Å². The minimum atomic E-state index is -4.48. The number of carbonyl (C=O) groups excluding carboxylic acids is 1. The van der Waals surface area contributed by atoms with Crippen LogP contribution in [-0.2, 0) is 22.9 Å². The van der Waals surface area contributed by atoms with E-state index in [0.29, 0.717) is 5.82 Å². The van der Waals surface area contributed by atoms with E-state index < -0.39 is 24.3 Å². The number of carbonyl (C=O) groups is 1. The molecule has 164 valence electrons. The third kappa shape index (κ3) is 6.07. The maximum atomic E-state index is 12.7. The van der Waals surface area contributed by atoms with Crippen molar-refractivity contribution < 1.29 is 27.2 Å². The highest BCUT2D eigenvalue weighted by atomic mass is 19.4. The molecule has 0 unspecified atom stereocenters. The van der Waals surface area contributed by atoms with Gasteiger partial charge < -0.3 is 14.6 Å². The topological polar surface area (TPSA) is 77.2 Å². The van der Waals surface area contributed by atoms with Crippen molar-refractivity contribution in [3.63, 3.8) is 0 Å². The molecule has 0 aliphatic heterocycles. The Morgan fingerprint density at radius 3 is 2.42 bits per heavy atom. The summed E-state index contributed by atoms with van der Waals surface area (Å²) in [6, 6.07) is 12.1. The number of nitrogens with one attached hydrogen (secondary N) is 1. The van der Waals surface area contributed by atoms with Crippen molar-refractivity contribution in [3.05, 3.63) is 65.5 Å². The lowest BCUT2D eigenvalue weighted by atomic mass is 9.87. The quantitative estimate of drug-likeness (QED) is 0.607. The smallest absolute Gasteiger partial charge is 0.416 e. The monoisotopic (exact) mass is 433 g/mol. The number of ether oxygens (including phenoxy) is 1. The van der Waals surface area contributed by atoms with E-state index >= 15 is 0 Å². The van der Waals surface area contributed by atoms with E-state index in [1.807, 2.05) is 24.3 Å². The molecular weight excluding hydrogens is 411 g/mol. The Morgan fingerprint density at radius 2 is 1.77 bits per heavy atom. The van der Waals surface area contributed by atoms with Gasteiger partial charge in [-0.3, -0.25) is 4.79 Å². The van der Waals surface area contributed by atoms with Crippen LogP contribution in [0, 0.1) is 0 Å². The molecule has 6 nitrogen and oxygen atoms in total. The molecule has 9 heteroatoms. The molecule has 0 atom stereocenters. The first-order chi connectivity index (χ1) is 14.5. The van der Waals surface area contributed by atoms with Crippen molar-refractivity contribution in [2.75, 3.05) is 6.61 Å². The summed E-state index contributed by atoms with van der Waals surface area (Å²) < 4.78 is 48.4. The first-order valence-electron chi connectivity index (χ1n) is 9.52. The van der Waals surface area contributed by atoms with E-state index in [4.69, 9.17) is 9.26 Å². The molecule has 0 saturated carbocycles. The van der Waals surface area contributed by atoms with Gasteiger partial charge in [0.1, 0.15) is 5.75 Å². The third-order valence-electron chi connectivity index (χ3n) is 4.45. The minimum Gasteiger partial charge on any atom is -0.484 e. The summed E-state index contributed by atoms with van der Waals surface area (Å²) >= 11 is 0. The molecule has 0 radical (unpaired) electrons. The van der Waals surface area contributed by atoms with Gasteiger partial charge in [0, 0.05) is 5.56 Å². The molecule has 0 saturated heterocycles. The Labute approximate surface area is 177 Å². The maximum Gasteiger partial charge on any atom is 0.416 e. The SMILES string of the molecule is CC(C)(C)c1ccc(-c2noc(CNC(=O)COc3cccc(C(F)(F)F)c3)n2)cc1. The maximum absolute atomic E-state index is 12.7. The third-order valence-corrected chi connectivity index (χ3v) is 4.45. The molecule has 0 bridgehead atoms. The van der Waals surface area contributed by atoms with Gasteiger partial charge in [0.25, 0.3) is 5.91 Å². The second-order valence-corrected chi connectivity index (χ2v) is 7.93. The van der Waals surface area contributed by atoms with Crippen LogP contribution in [0.25, 0.3) is 11.4 Å². The molecule has 0 fully saturated rings. The molecule has 0 spiro atoms. The molecule has 2 aromatic carbocycles. The average molecular weight is 433 g/mol. The number of amides is 1. The summed E-state index contributed by atoms with van der Waals surface area (Å²) in [6.45, 7) is 5.88. The number of halogens is 3. The zero-order chi connectivity index (χ0) is 22.6. The van der Waals surface area contributed by atoms with Crippen LogP contribution in [0.15, 0.2) is 53.1 Å². The lowest BCUT2D eigenvalue weighted by Crippen LogP contribution is -2.28. The van der Waals surface area contributed by atoms with Crippen LogP contribution >= 0.6 is 0 Å². The number of nitrogens with zero attached hydrogens (tertiary/aromatic N) is 2. The number of aromatic nitrogens is 2. The zero-order valence-electron chi connectivity index (χ0n) is 17.3. The number of benzene rings is 2. The van der Waals surface area contributed by atoms with Gasteiger partial charge >= 0.3 is 6.18 Å². The number of rotatable bonds is 6. The fraction of sp³-hybridized carbons (Fsp3) is 0.318. The van der Waals surface area contributed by atoms with E-state index in [1.165, 1.54) is 17.7 Å². The van der Waals surface area contributed by atoms with Crippen LogP contribution in [0.5, 0.6) is 5.75 Å². The molecule has 1 amide bonds. The average Bonchev–Trinajstić information content (AvgIpc) is 3.19. The summed E-state index contributed by atoms with van der Waals surface area (Å²) in [5, 5.41) is 6.43. The molecule has 3 aromatic rings. The largest absolute Gasteiger partial charge is 0.484 e. The second kappa shape index (κ2) is 8.79. The number of alkyl halides is 3. The van der Waals surface area contributed by atoms with E-state index in [9.17, 15) is 18.0 Å². The van der Waals surface area contributed by atoms with E-state index in [1.54, 1.807) is 0 Å². The van der Waals surface area contributed by atoms with Crippen molar-refractivity contribution in [3.8, 4) is 17.1 Å². The van der Waals surface area contributed by atoms with Crippen molar-refractivity contribution in [2.24, 2.45) is 0 Å². The highest BCUT2D eigenvalue weighted by Crippen LogP contribution is 2.31. The van der Waals surface area contributed by atoms with Gasteiger partial charge in [0.05, 0.1) is 12.1 Å². The lowest BCUT2D eigenvalue weighted by Gasteiger charge is -2.18. The van der Waals surface area contributed by atoms with Crippen molar-refractivity contribution in [2.45, 2.75) is 38.9 Å². The summed E-state index contributed by atoms with van der Waals surface area (Å²) in [5.41, 5.74) is 1.14. The number of hydrogen-bond acceptors (Lipinski definition) is 5. The van der Waals surface area contributed by atoms with Crippen molar-refractivity contribution >= 4 is 5.91 Å². The van der Waals surface area contributed by atoms with Crippen molar-refractivity contribution in [1.29, 1.82) is 0 Å². The van der Waals surface area contributed by atoms with E-state index in [-0.39, 0.29) is 23.6 Å². The first kappa shape index (κ1) is 22.3. The van der Waals surface area contributed by atoms with Gasteiger partial charge in [-0.25, -0.2) is 0 Å². The molecule has 0 aliphatic rings. The Hall–Kier alpha value is -3.36. The van der Waals surface area contributed by atoms with Crippen LogP contribution < -0.4 is 10.1 Å². The first-order valence-corrected chi connectivity index (χ1v) is 9.52. The normalized spacial score (nSPS) is 11.9. The second-order valence-electron chi connectivity index (χ2n) is 7.93.